The number of aryl methyl sites for hydroxylation is 2. The summed E-state index contributed by atoms with van der Waals surface area (Å²) in [5, 5.41) is 11.6. The number of aliphatic carboxylic acids is 1. The van der Waals surface area contributed by atoms with Gasteiger partial charge in [0.1, 0.15) is 0 Å². The zero-order valence-corrected chi connectivity index (χ0v) is 12.7. The summed E-state index contributed by atoms with van der Waals surface area (Å²) in [5.41, 5.74) is 4.49. The highest BCUT2D eigenvalue weighted by molar-refractivity contribution is 5.92. The number of carbonyl (C=O) groups is 2. The molecular formula is C18H19NO3. The first-order valence-corrected chi connectivity index (χ1v) is 7.11. The first-order chi connectivity index (χ1) is 10.4. The maximum atomic E-state index is 12.2. The Morgan fingerprint density at radius 1 is 1.05 bits per heavy atom. The van der Waals surface area contributed by atoms with E-state index in [1.807, 2.05) is 32.0 Å². The number of nitrogens with one attached hydrogen (secondary N) is 1. The maximum Gasteiger partial charge on any atom is 0.307 e. The summed E-state index contributed by atoms with van der Waals surface area (Å²) in [6.45, 7) is 3.98. The van der Waals surface area contributed by atoms with E-state index in [0.717, 1.165) is 16.7 Å². The highest BCUT2D eigenvalue weighted by Crippen LogP contribution is 2.14. The lowest BCUT2D eigenvalue weighted by atomic mass is 10.0. The molecule has 4 nitrogen and oxygen atoms in total. The molecule has 0 aliphatic rings. The summed E-state index contributed by atoms with van der Waals surface area (Å²) in [6, 6.07) is 13.0. The molecule has 114 valence electrons. The zero-order valence-electron chi connectivity index (χ0n) is 12.7. The Labute approximate surface area is 129 Å². The Morgan fingerprint density at radius 3 is 2.55 bits per heavy atom. The van der Waals surface area contributed by atoms with E-state index in [-0.39, 0.29) is 12.3 Å². The molecule has 0 unspecified atom stereocenters. The van der Waals surface area contributed by atoms with Crippen molar-refractivity contribution in [1.29, 1.82) is 0 Å². The fourth-order valence-corrected chi connectivity index (χ4v) is 2.30. The number of rotatable bonds is 5. The van der Waals surface area contributed by atoms with E-state index < -0.39 is 5.97 Å². The molecule has 0 aromatic heterocycles. The Hall–Kier alpha value is -2.62. The minimum Gasteiger partial charge on any atom is -0.481 e. The van der Waals surface area contributed by atoms with Crippen LogP contribution < -0.4 is 5.32 Å². The molecule has 2 aromatic carbocycles. The predicted octanol–water partition coefficient (Wildman–Crippen LogP) is 3.11. The lowest BCUT2D eigenvalue weighted by Crippen LogP contribution is -2.15. The van der Waals surface area contributed by atoms with Gasteiger partial charge in [-0.15, -0.1) is 0 Å². The highest BCUT2D eigenvalue weighted by Gasteiger charge is 2.08. The molecule has 2 aromatic rings. The molecule has 0 fully saturated rings. The largest absolute Gasteiger partial charge is 0.481 e. The smallest absolute Gasteiger partial charge is 0.307 e. The quantitative estimate of drug-likeness (QED) is 0.891. The van der Waals surface area contributed by atoms with Gasteiger partial charge in [-0.05, 0) is 42.7 Å². The van der Waals surface area contributed by atoms with Crippen molar-refractivity contribution < 1.29 is 14.7 Å². The van der Waals surface area contributed by atoms with Crippen LogP contribution in [0.1, 0.15) is 22.3 Å². The molecule has 0 aliphatic heterocycles. The van der Waals surface area contributed by atoms with Crippen molar-refractivity contribution in [3.05, 3.63) is 64.7 Å². The molecule has 0 saturated heterocycles. The van der Waals surface area contributed by atoms with Crippen LogP contribution in [0.2, 0.25) is 0 Å². The summed E-state index contributed by atoms with van der Waals surface area (Å²) in [5.74, 6) is -1.000. The van der Waals surface area contributed by atoms with E-state index in [4.69, 9.17) is 5.11 Å². The van der Waals surface area contributed by atoms with Crippen molar-refractivity contribution in [3.8, 4) is 0 Å². The molecule has 2 N–H and O–H groups in total. The first kappa shape index (κ1) is 15.8. The second-order valence-electron chi connectivity index (χ2n) is 5.43. The van der Waals surface area contributed by atoms with Crippen LogP contribution in [0.25, 0.3) is 0 Å². The van der Waals surface area contributed by atoms with Gasteiger partial charge < -0.3 is 10.4 Å². The molecule has 0 radical (unpaired) electrons. The van der Waals surface area contributed by atoms with Crippen LogP contribution in [0.5, 0.6) is 0 Å². The molecule has 0 aliphatic carbocycles. The molecule has 0 heterocycles. The van der Waals surface area contributed by atoms with Crippen molar-refractivity contribution >= 4 is 17.6 Å². The fourth-order valence-electron chi connectivity index (χ4n) is 2.30. The average molecular weight is 297 g/mol. The van der Waals surface area contributed by atoms with Gasteiger partial charge in [0.2, 0.25) is 5.91 Å². The van der Waals surface area contributed by atoms with Gasteiger partial charge in [-0.25, -0.2) is 0 Å². The lowest BCUT2D eigenvalue weighted by molar-refractivity contribution is -0.136. The normalized spacial score (nSPS) is 10.3. The number of hydrogen-bond acceptors (Lipinski definition) is 2. The molecule has 22 heavy (non-hydrogen) atoms. The lowest BCUT2D eigenvalue weighted by Gasteiger charge is -2.09. The van der Waals surface area contributed by atoms with E-state index in [0.29, 0.717) is 17.7 Å². The topological polar surface area (TPSA) is 66.4 Å². The van der Waals surface area contributed by atoms with Crippen molar-refractivity contribution in [2.75, 3.05) is 5.32 Å². The SMILES string of the molecule is Cc1ccc(C)c(CC(=O)Nc2cccc(CC(=O)O)c2)c1. The second kappa shape index (κ2) is 6.89. The van der Waals surface area contributed by atoms with Crippen LogP contribution in [0.3, 0.4) is 0 Å². The predicted molar refractivity (Wildman–Crippen MR) is 86.0 cm³/mol. The molecule has 4 heteroatoms. The van der Waals surface area contributed by atoms with Crippen molar-refractivity contribution in [2.24, 2.45) is 0 Å². The third-order valence-corrected chi connectivity index (χ3v) is 3.42. The molecule has 0 atom stereocenters. The third-order valence-electron chi connectivity index (χ3n) is 3.42. The Kier molecular flexibility index (Phi) is 4.94. The van der Waals surface area contributed by atoms with Gasteiger partial charge in [0.25, 0.3) is 0 Å². The van der Waals surface area contributed by atoms with E-state index >= 15 is 0 Å². The first-order valence-electron chi connectivity index (χ1n) is 7.11. The molecule has 2 rings (SSSR count). The molecule has 0 bridgehead atoms. The molecule has 0 spiro atoms. The number of amides is 1. The summed E-state index contributed by atoms with van der Waals surface area (Å²) in [7, 11) is 0. The summed E-state index contributed by atoms with van der Waals surface area (Å²) >= 11 is 0. The fraction of sp³-hybridized carbons (Fsp3) is 0.222. The van der Waals surface area contributed by atoms with Crippen molar-refractivity contribution in [3.63, 3.8) is 0 Å². The van der Waals surface area contributed by atoms with Gasteiger partial charge in [-0.2, -0.15) is 0 Å². The Morgan fingerprint density at radius 2 is 1.82 bits per heavy atom. The number of hydrogen-bond donors (Lipinski definition) is 2. The van der Waals surface area contributed by atoms with Gasteiger partial charge in [0.05, 0.1) is 12.8 Å². The van der Waals surface area contributed by atoms with Crippen LogP contribution in [0.4, 0.5) is 5.69 Å². The van der Waals surface area contributed by atoms with Crippen LogP contribution in [0.15, 0.2) is 42.5 Å². The van der Waals surface area contributed by atoms with Gasteiger partial charge in [-0.3, -0.25) is 9.59 Å². The van der Waals surface area contributed by atoms with Crippen molar-refractivity contribution in [1.82, 2.24) is 0 Å². The molecular weight excluding hydrogens is 278 g/mol. The molecule has 1 amide bonds. The monoisotopic (exact) mass is 297 g/mol. The summed E-state index contributed by atoms with van der Waals surface area (Å²) < 4.78 is 0. The zero-order chi connectivity index (χ0) is 16.1. The van der Waals surface area contributed by atoms with Crippen LogP contribution in [-0.2, 0) is 22.4 Å². The summed E-state index contributed by atoms with van der Waals surface area (Å²) in [4.78, 5) is 22.9. The number of anilines is 1. The van der Waals surface area contributed by atoms with E-state index in [9.17, 15) is 9.59 Å². The van der Waals surface area contributed by atoms with Crippen LogP contribution in [0, 0.1) is 13.8 Å². The minimum absolute atomic E-state index is 0.0549. The van der Waals surface area contributed by atoms with Crippen LogP contribution in [-0.4, -0.2) is 17.0 Å². The minimum atomic E-state index is -0.890. The van der Waals surface area contributed by atoms with E-state index in [2.05, 4.69) is 5.32 Å². The van der Waals surface area contributed by atoms with E-state index in [1.165, 1.54) is 0 Å². The Balaban J connectivity index is 2.05. The standard InChI is InChI=1S/C18H19NO3/c1-12-6-7-13(2)15(8-12)11-17(20)19-16-5-3-4-14(9-16)10-18(21)22/h3-9H,10-11H2,1-2H3,(H,19,20)(H,21,22). The number of carboxylic acid groups (broad SMARTS) is 1. The number of carbonyl (C=O) groups excluding carboxylic acids is 1. The van der Waals surface area contributed by atoms with Gasteiger partial charge in [0, 0.05) is 5.69 Å². The average Bonchev–Trinajstić information content (AvgIpc) is 2.42. The number of benzene rings is 2. The second-order valence-corrected chi connectivity index (χ2v) is 5.43. The van der Waals surface area contributed by atoms with Gasteiger partial charge in [-0.1, -0.05) is 35.9 Å². The highest BCUT2D eigenvalue weighted by atomic mass is 16.4. The van der Waals surface area contributed by atoms with Gasteiger partial charge in [0.15, 0.2) is 0 Å². The van der Waals surface area contributed by atoms with Crippen molar-refractivity contribution in [2.45, 2.75) is 26.7 Å². The van der Waals surface area contributed by atoms with Crippen LogP contribution >= 0.6 is 0 Å². The summed E-state index contributed by atoms with van der Waals surface area (Å²) in [6.07, 6.45) is 0.247. The number of carboxylic acids is 1. The third kappa shape index (κ3) is 4.45. The van der Waals surface area contributed by atoms with E-state index in [1.54, 1.807) is 24.3 Å². The van der Waals surface area contributed by atoms with Gasteiger partial charge >= 0.3 is 5.97 Å². The molecule has 0 saturated carbocycles. The Bertz CT molecular complexity index is 707. The maximum absolute atomic E-state index is 12.2.